The molecule has 0 aromatic carbocycles. The quantitative estimate of drug-likeness (QED) is 0.242. The standard InChI is InChI=1S/C7H16N4/c1-2-9-7(10-8)11-5-3-4-6-11/h2-6,8H2,1H3,(H,9,10). The van der Waals surface area contributed by atoms with Crippen LogP contribution in [0, 0.1) is 0 Å². The molecule has 0 spiro atoms. The summed E-state index contributed by atoms with van der Waals surface area (Å²) in [6.07, 6.45) is 2.51. The molecule has 1 rings (SSSR count). The minimum atomic E-state index is 0.788. The Bertz CT molecular complexity index is 137. The molecule has 1 saturated heterocycles. The fourth-order valence-corrected chi connectivity index (χ4v) is 1.32. The maximum atomic E-state index is 5.32. The van der Waals surface area contributed by atoms with Crippen LogP contribution in [0.1, 0.15) is 19.8 Å². The van der Waals surface area contributed by atoms with Gasteiger partial charge in [-0.25, -0.2) is 5.84 Å². The summed E-state index contributed by atoms with van der Waals surface area (Å²) in [6, 6.07) is 0. The van der Waals surface area contributed by atoms with Crippen molar-refractivity contribution in [2.24, 2.45) is 10.8 Å². The predicted octanol–water partition coefficient (Wildman–Crippen LogP) is -0.0786. The third-order valence-corrected chi connectivity index (χ3v) is 1.84. The Labute approximate surface area is 67.4 Å². The van der Waals surface area contributed by atoms with Crippen molar-refractivity contribution < 1.29 is 0 Å². The molecule has 0 unspecified atom stereocenters. The molecule has 0 aliphatic carbocycles. The van der Waals surface area contributed by atoms with Gasteiger partial charge in [0.1, 0.15) is 0 Å². The maximum absolute atomic E-state index is 5.32. The predicted molar refractivity (Wildman–Crippen MR) is 46.1 cm³/mol. The maximum Gasteiger partial charge on any atom is 0.208 e. The molecule has 1 aliphatic rings. The Morgan fingerprint density at radius 1 is 1.55 bits per heavy atom. The lowest BCUT2D eigenvalue weighted by Gasteiger charge is -2.18. The van der Waals surface area contributed by atoms with Gasteiger partial charge in [0.05, 0.1) is 0 Å². The summed E-state index contributed by atoms with van der Waals surface area (Å²) in [5.41, 5.74) is 2.62. The highest BCUT2D eigenvalue weighted by molar-refractivity contribution is 5.79. The number of hydrogen-bond acceptors (Lipinski definition) is 2. The first-order chi connectivity index (χ1) is 5.38. The van der Waals surface area contributed by atoms with Crippen LogP contribution in [0.3, 0.4) is 0 Å². The van der Waals surface area contributed by atoms with Gasteiger partial charge >= 0.3 is 0 Å². The second-order valence-corrected chi connectivity index (χ2v) is 2.64. The van der Waals surface area contributed by atoms with Crippen molar-refractivity contribution in [3.05, 3.63) is 0 Å². The molecule has 0 radical (unpaired) electrons. The van der Waals surface area contributed by atoms with E-state index in [2.05, 4.69) is 15.3 Å². The topological polar surface area (TPSA) is 53.6 Å². The number of nitrogens with two attached hydrogens (primary N) is 1. The Morgan fingerprint density at radius 2 is 2.18 bits per heavy atom. The van der Waals surface area contributed by atoms with Gasteiger partial charge in [-0.1, -0.05) is 0 Å². The van der Waals surface area contributed by atoms with Crippen molar-refractivity contribution in [3.8, 4) is 0 Å². The van der Waals surface area contributed by atoms with Crippen molar-refractivity contribution in [3.63, 3.8) is 0 Å². The van der Waals surface area contributed by atoms with Crippen LogP contribution in [-0.2, 0) is 0 Å². The number of hydrogen-bond donors (Lipinski definition) is 2. The highest BCUT2D eigenvalue weighted by Gasteiger charge is 2.14. The average molecular weight is 156 g/mol. The van der Waals surface area contributed by atoms with Gasteiger partial charge in [0.25, 0.3) is 0 Å². The zero-order valence-electron chi connectivity index (χ0n) is 7.01. The molecule has 0 bridgehead atoms. The molecular weight excluding hydrogens is 140 g/mol. The van der Waals surface area contributed by atoms with Crippen LogP contribution in [0.15, 0.2) is 4.99 Å². The number of nitrogens with zero attached hydrogens (tertiary/aromatic N) is 2. The fourth-order valence-electron chi connectivity index (χ4n) is 1.32. The van der Waals surface area contributed by atoms with E-state index in [4.69, 9.17) is 5.84 Å². The van der Waals surface area contributed by atoms with Crippen molar-refractivity contribution in [1.82, 2.24) is 10.3 Å². The Balaban J connectivity index is 2.46. The van der Waals surface area contributed by atoms with Crippen molar-refractivity contribution in [1.29, 1.82) is 0 Å². The highest BCUT2D eigenvalue weighted by Crippen LogP contribution is 2.06. The zero-order valence-corrected chi connectivity index (χ0v) is 7.01. The molecule has 11 heavy (non-hydrogen) atoms. The van der Waals surface area contributed by atoms with E-state index in [0.717, 1.165) is 25.6 Å². The lowest BCUT2D eigenvalue weighted by molar-refractivity contribution is 0.494. The van der Waals surface area contributed by atoms with Crippen LogP contribution < -0.4 is 11.3 Å². The zero-order chi connectivity index (χ0) is 8.10. The lowest BCUT2D eigenvalue weighted by atomic mass is 10.4. The van der Waals surface area contributed by atoms with Crippen LogP contribution in [0.4, 0.5) is 0 Å². The molecule has 0 aromatic heterocycles. The molecule has 0 amide bonds. The van der Waals surface area contributed by atoms with Gasteiger partial charge in [-0.3, -0.25) is 10.4 Å². The monoisotopic (exact) mass is 156 g/mol. The smallest absolute Gasteiger partial charge is 0.208 e. The van der Waals surface area contributed by atoms with Gasteiger partial charge in [0.15, 0.2) is 0 Å². The first-order valence-corrected chi connectivity index (χ1v) is 4.14. The highest BCUT2D eigenvalue weighted by atomic mass is 15.4. The Hall–Kier alpha value is -0.770. The Morgan fingerprint density at radius 3 is 2.64 bits per heavy atom. The fraction of sp³-hybridized carbons (Fsp3) is 0.857. The molecule has 4 nitrogen and oxygen atoms in total. The Kier molecular flexibility index (Phi) is 3.16. The summed E-state index contributed by atoms with van der Waals surface area (Å²) < 4.78 is 0. The van der Waals surface area contributed by atoms with Crippen molar-refractivity contribution >= 4 is 5.96 Å². The van der Waals surface area contributed by atoms with Gasteiger partial charge < -0.3 is 4.90 Å². The normalized spacial score (nSPS) is 19.1. The average Bonchev–Trinajstić information content (AvgIpc) is 2.52. The van der Waals surface area contributed by atoms with E-state index in [9.17, 15) is 0 Å². The van der Waals surface area contributed by atoms with Gasteiger partial charge in [0, 0.05) is 19.6 Å². The second kappa shape index (κ2) is 4.18. The van der Waals surface area contributed by atoms with Crippen molar-refractivity contribution in [2.75, 3.05) is 19.6 Å². The molecule has 4 heteroatoms. The van der Waals surface area contributed by atoms with Crippen LogP contribution in [0.25, 0.3) is 0 Å². The van der Waals surface area contributed by atoms with E-state index in [1.807, 2.05) is 6.92 Å². The summed E-state index contributed by atoms with van der Waals surface area (Å²) in [5, 5.41) is 0. The minimum Gasteiger partial charge on any atom is -0.342 e. The SMILES string of the molecule is CC/N=C(\NN)N1CCCC1. The molecule has 64 valence electrons. The van der Waals surface area contributed by atoms with E-state index in [1.165, 1.54) is 12.8 Å². The van der Waals surface area contributed by atoms with Gasteiger partial charge in [-0.15, -0.1) is 0 Å². The number of guanidine groups is 1. The number of rotatable bonds is 1. The third-order valence-electron chi connectivity index (χ3n) is 1.84. The first-order valence-electron chi connectivity index (χ1n) is 4.14. The summed E-state index contributed by atoms with van der Waals surface area (Å²) in [4.78, 5) is 6.42. The number of aliphatic imine (C=N–C) groups is 1. The molecule has 1 fully saturated rings. The summed E-state index contributed by atoms with van der Waals surface area (Å²) >= 11 is 0. The number of hydrazine groups is 1. The molecule has 0 saturated carbocycles. The van der Waals surface area contributed by atoms with Crippen LogP contribution in [0.2, 0.25) is 0 Å². The van der Waals surface area contributed by atoms with E-state index >= 15 is 0 Å². The number of likely N-dealkylation sites (tertiary alicyclic amines) is 1. The molecular formula is C7H16N4. The lowest BCUT2D eigenvalue weighted by Crippen LogP contribution is -2.43. The third kappa shape index (κ3) is 2.08. The van der Waals surface area contributed by atoms with E-state index in [0.29, 0.717) is 0 Å². The van der Waals surface area contributed by atoms with Crippen LogP contribution in [0.5, 0.6) is 0 Å². The van der Waals surface area contributed by atoms with Gasteiger partial charge in [-0.05, 0) is 19.8 Å². The van der Waals surface area contributed by atoms with E-state index in [-0.39, 0.29) is 0 Å². The molecule has 1 heterocycles. The first kappa shape index (κ1) is 8.33. The summed E-state index contributed by atoms with van der Waals surface area (Å²) in [6.45, 7) is 4.97. The summed E-state index contributed by atoms with van der Waals surface area (Å²) in [5.74, 6) is 6.15. The minimum absolute atomic E-state index is 0.788. The molecule has 0 atom stereocenters. The molecule has 3 N–H and O–H groups in total. The number of nitrogens with one attached hydrogen (secondary N) is 1. The summed E-state index contributed by atoms with van der Waals surface area (Å²) in [7, 11) is 0. The van der Waals surface area contributed by atoms with Crippen molar-refractivity contribution in [2.45, 2.75) is 19.8 Å². The van der Waals surface area contributed by atoms with Crippen LogP contribution in [-0.4, -0.2) is 30.5 Å². The van der Waals surface area contributed by atoms with Gasteiger partial charge in [-0.2, -0.15) is 0 Å². The van der Waals surface area contributed by atoms with Crippen LogP contribution >= 0.6 is 0 Å². The second-order valence-electron chi connectivity index (χ2n) is 2.64. The molecule has 1 aliphatic heterocycles. The largest absolute Gasteiger partial charge is 0.342 e. The van der Waals surface area contributed by atoms with E-state index < -0.39 is 0 Å². The van der Waals surface area contributed by atoms with E-state index in [1.54, 1.807) is 0 Å². The van der Waals surface area contributed by atoms with Gasteiger partial charge in [0.2, 0.25) is 5.96 Å². The molecule has 0 aromatic rings.